The van der Waals surface area contributed by atoms with Crippen molar-refractivity contribution < 1.29 is 14.6 Å². The van der Waals surface area contributed by atoms with E-state index >= 15 is 0 Å². The highest BCUT2D eigenvalue weighted by Crippen LogP contribution is 2.31. The summed E-state index contributed by atoms with van der Waals surface area (Å²) in [5.41, 5.74) is 2.43. The van der Waals surface area contributed by atoms with Gasteiger partial charge in [-0.1, -0.05) is 12.1 Å². The molecule has 1 N–H and O–H groups in total. The van der Waals surface area contributed by atoms with E-state index in [0.717, 1.165) is 5.56 Å². The second-order valence-corrected chi connectivity index (χ2v) is 6.10. The fraction of sp³-hybridized carbons (Fsp3) is 0.0455. The lowest BCUT2D eigenvalue weighted by Gasteiger charge is -2.19. The fourth-order valence-electron chi connectivity index (χ4n) is 2.99. The minimum Gasteiger partial charge on any atom is -0.508 e. The molecule has 1 amide bonds. The molecule has 1 aliphatic rings. The van der Waals surface area contributed by atoms with E-state index in [1.807, 2.05) is 36.4 Å². The van der Waals surface area contributed by atoms with Crippen molar-refractivity contribution in [2.45, 2.75) is 0 Å². The number of rotatable bonds is 4. The number of phenolic OH excluding ortho intramolecular Hbond substituents is 1. The number of hydrogen-bond donors (Lipinski definition) is 1. The molecule has 6 nitrogen and oxygen atoms in total. The number of aromatic nitrogens is 1. The number of amidine groups is 1. The van der Waals surface area contributed by atoms with Crippen LogP contribution in [0.2, 0.25) is 0 Å². The normalized spacial score (nSPS) is 15.0. The van der Waals surface area contributed by atoms with E-state index in [2.05, 4.69) is 9.98 Å². The minimum absolute atomic E-state index is 0.124. The van der Waals surface area contributed by atoms with E-state index in [0.29, 0.717) is 28.5 Å². The van der Waals surface area contributed by atoms with Crippen LogP contribution in [0, 0.1) is 0 Å². The van der Waals surface area contributed by atoms with Crippen LogP contribution < -0.4 is 9.64 Å². The maximum Gasteiger partial charge on any atom is 0.282 e. The van der Waals surface area contributed by atoms with Crippen molar-refractivity contribution in [3.05, 3.63) is 89.9 Å². The molecule has 2 aromatic carbocycles. The van der Waals surface area contributed by atoms with E-state index < -0.39 is 0 Å². The third-order valence-corrected chi connectivity index (χ3v) is 4.33. The quantitative estimate of drug-likeness (QED) is 0.711. The first-order valence-electron chi connectivity index (χ1n) is 8.64. The van der Waals surface area contributed by atoms with Gasteiger partial charge in [0.2, 0.25) is 0 Å². The van der Waals surface area contributed by atoms with Gasteiger partial charge in [-0.3, -0.25) is 14.7 Å². The minimum atomic E-state index is -0.261. The summed E-state index contributed by atoms with van der Waals surface area (Å²) in [5, 5.41) is 9.61. The number of anilines is 1. The molecule has 0 radical (unpaired) electrons. The molecule has 2 heterocycles. The SMILES string of the molecule is COc1ccccc1C1=N/C(=C/c2ccncc2)C(=O)N1c1ccc(O)cc1. The predicted octanol–water partition coefficient (Wildman–Crippen LogP) is 3.63. The summed E-state index contributed by atoms with van der Waals surface area (Å²) in [4.78, 5) is 23.3. The number of methoxy groups -OCH3 is 1. The monoisotopic (exact) mass is 371 g/mol. The van der Waals surface area contributed by atoms with E-state index in [1.54, 1.807) is 37.7 Å². The maximum absolute atomic E-state index is 13.2. The molecule has 0 atom stereocenters. The molecule has 138 valence electrons. The van der Waals surface area contributed by atoms with Crippen LogP contribution in [0.15, 0.2) is 83.7 Å². The number of carbonyl (C=O) groups excluding carboxylic acids is 1. The van der Waals surface area contributed by atoms with E-state index in [4.69, 9.17) is 4.74 Å². The number of aliphatic imine (C=N–C) groups is 1. The highest BCUT2D eigenvalue weighted by molar-refractivity contribution is 6.33. The molecule has 0 saturated heterocycles. The summed E-state index contributed by atoms with van der Waals surface area (Å²) in [5.74, 6) is 0.943. The Balaban J connectivity index is 1.86. The van der Waals surface area contributed by atoms with Crippen molar-refractivity contribution in [1.82, 2.24) is 4.98 Å². The maximum atomic E-state index is 13.2. The van der Waals surface area contributed by atoms with Gasteiger partial charge >= 0.3 is 0 Å². The first-order chi connectivity index (χ1) is 13.7. The lowest BCUT2D eigenvalue weighted by Crippen LogP contribution is -2.32. The third-order valence-electron chi connectivity index (χ3n) is 4.33. The van der Waals surface area contributed by atoms with Gasteiger partial charge in [0.05, 0.1) is 18.4 Å². The van der Waals surface area contributed by atoms with Gasteiger partial charge in [-0.2, -0.15) is 0 Å². The Kier molecular flexibility index (Phi) is 4.60. The lowest BCUT2D eigenvalue weighted by molar-refractivity contribution is -0.113. The van der Waals surface area contributed by atoms with Crippen LogP contribution in [0.3, 0.4) is 0 Å². The van der Waals surface area contributed by atoms with E-state index in [1.165, 1.54) is 17.0 Å². The van der Waals surface area contributed by atoms with Gasteiger partial charge < -0.3 is 9.84 Å². The Morgan fingerprint density at radius 1 is 1.00 bits per heavy atom. The Morgan fingerprint density at radius 2 is 1.71 bits per heavy atom. The topological polar surface area (TPSA) is 75.0 Å². The van der Waals surface area contributed by atoms with Crippen LogP contribution in [0.1, 0.15) is 11.1 Å². The summed E-state index contributed by atoms with van der Waals surface area (Å²) in [7, 11) is 1.58. The standard InChI is InChI=1S/C22H17N3O3/c1-28-20-5-3-2-4-18(20)21-24-19(14-15-10-12-23-13-11-15)22(27)25(21)16-6-8-17(26)9-7-16/h2-14,26H,1H3/b19-14+. The van der Waals surface area contributed by atoms with Gasteiger partial charge in [-0.15, -0.1) is 0 Å². The summed E-state index contributed by atoms with van der Waals surface area (Å²) < 4.78 is 5.46. The van der Waals surface area contributed by atoms with Crippen molar-refractivity contribution in [2.75, 3.05) is 12.0 Å². The third kappa shape index (κ3) is 3.23. The summed E-state index contributed by atoms with van der Waals surface area (Å²) in [6.45, 7) is 0. The lowest BCUT2D eigenvalue weighted by atomic mass is 10.1. The zero-order chi connectivity index (χ0) is 19.5. The Labute approximate surface area is 162 Å². The van der Waals surface area contributed by atoms with Gasteiger partial charge in [0.25, 0.3) is 5.91 Å². The van der Waals surface area contributed by atoms with Gasteiger partial charge in [-0.25, -0.2) is 4.99 Å². The number of hydrogen-bond acceptors (Lipinski definition) is 5. The fourth-order valence-corrected chi connectivity index (χ4v) is 2.99. The molecule has 1 aromatic heterocycles. The van der Waals surface area contributed by atoms with Gasteiger partial charge in [0.15, 0.2) is 5.84 Å². The Bertz CT molecular complexity index is 1070. The largest absolute Gasteiger partial charge is 0.508 e. The molecule has 0 aliphatic carbocycles. The Hall–Kier alpha value is -3.93. The molecule has 0 unspecified atom stereocenters. The predicted molar refractivity (Wildman–Crippen MR) is 107 cm³/mol. The van der Waals surface area contributed by atoms with Crippen molar-refractivity contribution in [1.29, 1.82) is 0 Å². The van der Waals surface area contributed by atoms with Gasteiger partial charge in [-0.05, 0) is 60.2 Å². The van der Waals surface area contributed by atoms with Crippen molar-refractivity contribution in [2.24, 2.45) is 4.99 Å². The second-order valence-electron chi connectivity index (χ2n) is 6.10. The second kappa shape index (κ2) is 7.36. The van der Waals surface area contributed by atoms with Gasteiger partial charge in [0.1, 0.15) is 17.2 Å². The van der Waals surface area contributed by atoms with Crippen LogP contribution in [-0.2, 0) is 4.79 Å². The summed E-state index contributed by atoms with van der Waals surface area (Å²) in [6, 6.07) is 17.4. The highest BCUT2D eigenvalue weighted by Gasteiger charge is 2.33. The van der Waals surface area contributed by atoms with Crippen LogP contribution in [0.5, 0.6) is 11.5 Å². The average Bonchev–Trinajstić information content (AvgIpc) is 3.05. The van der Waals surface area contributed by atoms with E-state index in [-0.39, 0.29) is 11.7 Å². The first-order valence-corrected chi connectivity index (χ1v) is 8.64. The number of carbonyl (C=O) groups is 1. The summed E-state index contributed by atoms with van der Waals surface area (Å²) in [6.07, 6.45) is 5.04. The molecule has 3 aromatic rings. The smallest absolute Gasteiger partial charge is 0.282 e. The molecular weight excluding hydrogens is 354 g/mol. The van der Waals surface area contributed by atoms with Crippen LogP contribution in [0.25, 0.3) is 6.08 Å². The number of pyridine rings is 1. The first kappa shape index (κ1) is 17.5. The molecule has 0 spiro atoms. The van der Waals surface area contributed by atoms with Crippen LogP contribution in [0.4, 0.5) is 5.69 Å². The van der Waals surface area contributed by atoms with E-state index in [9.17, 15) is 9.90 Å². The zero-order valence-corrected chi connectivity index (χ0v) is 15.1. The number of para-hydroxylation sites is 1. The number of amides is 1. The molecule has 4 rings (SSSR count). The number of nitrogens with zero attached hydrogens (tertiary/aromatic N) is 3. The Morgan fingerprint density at radius 3 is 2.43 bits per heavy atom. The molecule has 0 fully saturated rings. The highest BCUT2D eigenvalue weighted by atomic mass is 16.5. The number of ether oxygens (including phenoxy) is 1. The summed E-state index contributed by atoms with van der Waals surface area (Å²) >= 11 is 0. The molecule has 6 heteroatoms. The van der Waals surface area contributed by atoms with Crippen molar-refractivity contribution in [3.8, 4) is 11.5 Å². The van der Waals surface area contributed by atoms with Crippen LogP contribution in [-0.4, -0.2) is 28.9 Å². The zero-order valence-electron chi connectivity index (χ0n) is 15.1. The molecule has 28 heavy (non-hydrogen) atoms. The number of benzene rings is 2. The van der Waals surface area contributed by atoms with Gasteiger partial charge in [0, 0.05) is 12.4 Å². The van der Waals surface area contributed by atoms with Crippen LogP contribution >= 0.6 is 0 Å². The van der Waals surface area contributed by atoms with Crippen molar-refractivity contribution >= 4 is 23.5 Å². The van der Waals surface area contributed by atoms with Crippen molar-refractivity contribution in [3.63, 3.8) is 0 Å². The molecular formula is C22H17N3O3. The average molecular weight is 371 g/mol. The molecule has 1 aliphatic heterocycles. The molecule has 0 saturated carbocycles. The number of aromatic hydroxyl groups is 1. The number of phenols is 1. The molecule has 0 bridgehead atoms.